The molecule has 116 valence electrons. The van der Waals surface area contributed by atoms with Crippen molar-refractivity contribution in [3.8, 4) is 5.75 Å². The fourth-order valence-electron chi connectivity index (χ4n) is 2.18. The number of furan rings is 1. The van der Waals surface area contributed by atoms with E-state index in [-0.39, 0.29) is 11.3 Å². The second kappa shape index (κ2) is 5.84. The van der Waals surface area contributed by atoms with Crippen molar-refractivity contribution in [2.45, 2.75) is 0 Å². The molecular formula is C17H13NO5. The van der Waals surface area contributed by atoms with Gasteiger partial charge in [-0.25, -0.2) is 4.79 Å². The Labute approximate surface area is 131 Å². The summed E-state index contributed by atoms with van der Waals surface area (Å²) in [6, 6.07) is 12.8. The van der Waals surface area contributed by atoms with Crippen LogP contribution in [0, 0.1) is 0 Å². The number of carbonyl (C=O) groups is 2. The molecule has 2 N–H and O–H groups in total. The Balaban J connectivity index is 1.85. The zero-order valence-electron chi connectivity index (χ0n) is 12.2. The molecule has 0 atom stereocenters. The molecule has 1 heterocycles. The Morgan fingerprint density at radius 3 is 2.70 bits per heavy atom. The quantitative estimate of drug-likeness (QED) is 0.771. The maximum absolute atomic E-state index is 12.2. The predicted molar refractivity (Wildman–Crippen MR) is 84.1 cm³/mol. The first-order chi connectivity index (χ1) is 11.1. The summed E-state index contributed by atoms with van der Waals surface area (Å²) in [4.78, 5) is 23.2. The third kappa shape index (κ3) is 3.01. The number of carboxylic acid groups (broad SMARTS) is 1. The van der Waals surface area contributed by atoms with Crippen LogP contribution in [0.1, 0.15) is 20.9 Å². The Morgan fingerprint density at radius 2 is 1.96 bits per heavy atom. The fourth-order valence-corrected chi connectivity index (χ4v) is 2.18. The van der Waals surface area contributed by atoms with Gasteiger partial charge < -0.3 is 19.6 Å². The zero-order valence-corrected chi connectivity index (χ0v) is 12.2. The largest absolute Gasteiger partial charge is 0.497 e. The lowest BCUT2D eigenvalue weighted by atomic mass is 10.2. The highest BCUT2D eigenvalue weighted by Gasteiger charge is 2.14. The molecule has 2 aromatic carbocycles. The van der Waals surface area contributed by atoms with Gasteiger partial charge in [-0.2, -0.15) is 0 Å². The number of hydrogen-bond donors (Lipinski definition) is 2. The van der Waals surface area contributed by atoms with Crippen molar-refractivity contribution in [2.75, 3.05) is 12.4 Å². The van der Waals surface area contributed by atoms with Crippen LogP contribution in [0.4, 0.5) is 5.69 Å². The lowest BCUT2D eigenvalue weighted by Gasteiger charge is -2.03. The number of methoxy groups -OCH3 is 1. The third-order valence-electron chi connectivity index (χ3n) is 3.31. The van der Waals surface area contributed by atoms with Gasteiger partial charge in [0.25, 0.3) is 5.91 Å². The van der Waals surface area contributed by atoms with Gasteiger partial charge in [-0.05, 0) is 42.5 Å². The van der Waals surface area contributed by atoms with Gasteiger partial charge in [0.2, 0.25) is 0 Å². The monoisotopic (exact) mass is 311 g/mol. The van der Waals surface area contributed by atoms with Crippen LogP contribution in [0.3, 0.4) is 0 Å². The highest BCUT2D eigenvalue weighted by atomic mass is 16.5. The van der Waals surface area contributed by atoms with Crippen molar-refractivity contribution in [2.24, 2.45) is 0 Å². The minimum atomic E-state index is -1.06. The fraction of sp³-hybridized carbons (Fsp3) is 0.0588. The topological polar surface area (TPSA) is 88.8 Å². The van der Waals surface area contributed by atoms with E-state index in [1.807, 2.05) is 0 Å². The second-order valence-electron chi connectivity index (χ2n) is 4.85. The van der Waals surface area contributed by atoms with Gasteiger partial charge in [-0.1, -0.05) is 6.07 Å². The molecule has 0 fully saturated rings. The van der Waals surface area contributed by atoms with E-state index in [0.717, 1.165) is 5.39 Å². The number of aromatic carboxylic acids is 1. The molecule has 0 aliphatic rings. The van der Waals surface area contributed by atoms with Crippen molar-refractivity contribution in [3.63, 3.8) is 0 Å². The molecule has 1 aromatic heterocycles. The van der Waals surface area contributed by atoms with Gasteiger partial charge in [0.1, 0.15) is 11.3 Å². The van der Waals surface area contributed by atoms with Gasteiger partial charge in [-0.3, -0.25) is 4.79 Å². The van der Waals surface area contributed by atoms with Gasteiger partial charge in [0.05, 0.1) is 12.7 Å². The van der Waals surface area contributed by atoms with Crippen LogP contribution in [0.2, 0.25) is 0 Å². The molecule has 0 aliphatic carbocycles. The molecule has 0 saturated heterocycles. The molecule has 23 heavy (non-hydrogen) atoms. The molecule has 6 nitrogen and oxygen atoms in total. The summed E-state index contributed by atoms with van der Waals surface area (Å²) in [5, 5.41) is 12.3. The molecule has 1 amide bonds. The Kier molecular flexibility index (Phi) is 3.72. The van der Waals surface area contributed by atoms with Gasteiger partial charge >= 0.3 is 5.97 Å². The zero-order chi connectivity index (χ0) is 16.4. The first-order valence-corrected chi connectivity index (χ1v) is 6.79. The minimum Gasteiger partial charge on any atom is -0.497 e. The molecule has 0 bridgehead atoms. The van der Waals surface area contributed by atoms with Crippen molar-refractivity contribution >= 4 is 28.5 Å². The van der Waals surface area contributed by atoms with E-state index in [2.05, 4.69) is 5.32 Å². The Hall–Kier alpha value is -3.28. The molecule has 0 radical (unpaired) electrons. The summed E-state index contributed by atoms with van der Waals surface area (Å²) in [7, 11) is 1.56. The molecule has 3 aromatic rings. The van der Waals surface area contributed by atoms with Crippen LogP contribution in [-0.4, -0.2) is 24.1 Å². The number of ether oxygens (including phenoxy) is 1. The van der Waals surface area contributed by atoms with Crippen LogP contribution in [0.25, 0.3) is 11.0 Å². The summed E-state index contributed by atoms with van der Waals surface area (Å²) >= 11 is 0. The van der Waals surface area contributed by atoms with Gasteiger partial charge in [-0.15, -0.1) is 0 Å². The SMILES string of the molecule is COc1ccc2oc(C(=O)Nc3cccc(C(=O)O)c3)cc2c1. The third-order valence-corrected chi connectivity index (χ3v) is 3.31. The van der Waals surface area contributed by atoms with Crippen LogP contribution in [-0.2, 0) is 0 Å². The minimum absolute atomic E-state index is 0.0946. The predicted octanol–water partition coefficient (Wildman–Crippen LogP) is 3.39. The van der Waals surface area contributed by atoms with Crippen molar-refractivity contribution in [1.29, 1.82) is 0 Å². The maximum atomic E-state index is 12.2. The molecule has 0 saturated carbocycles. The first kappa shape index (κ1) is 14.6. The molecule has 6 heteroatoms. The number of carboxylic acids is 1. The average Bonchev–Trinajstić information content (AvgIpc) is 2.98. The van der Waals surface area contributed by atoms with E-state index in [1.165, 1.54) is 12.1 Å². The van der Waals surface area contributed by atoms with Crippen molar-refractivity contribution in [1.82, 2.24) is 0 Å². The van der Waals surface area contributed by atoms with Crippen LogP contribution in [0.15, 0.2) is 52.9 Å². The normalized spacial score (nSPS) is 10.5. The highest BCUT2D eigenvalue weighted by molar-refractivity contribution is 6.05. The van der Waals surface area contributed by atoms with Crippen LogP contribution >= 0.6 is 0 Å². The number of fused-ring (bicyclic) bond motifs is 1. The van der Waals surface area contributed by atoms with E-state index in [0.29, 0.717) is 17.0 Å². The van der Waals surface area contributed by atoms with Crippen LogP contribution in [0.5, 0.6) is 5.75 Å². The number of rotatable bonds is 4. The van der Waals surface area contributed by atoms with Gasteiger partial charge in [0.15, 0.2) is 5.76 Å². The first-order valence-electron chi connectivity index (χ1n) is 6.79. The standard InChI is InChI=1S/C17H13NO5/c1-22-13-5-6-14-11(8-13)9-15(23-14)16(19)18-12-4-2-3-10(7-12)17(20)21/h2-9H,1H3,(H,18,19)(H,20,21). The summed E-state index contributed by atoms with van der Waals surface area (Å²) < 4.78 is 10.6. The summed E-state index contributed by atoms with van der Waals surface area (Å²) in [5.41, 5.74) is 1.04. The lowest BCUT2D eigenvalue weighted by Crippen LogP contribution is -2.11. The molecule has 0 unspecified atom stereocenters. The van der Waals surface area contributed by atoms with Crippen molar-refractivity contribution < 1.29 is 23.8 Å². The van der Waals surface area contributed by atoms with Crippen LogP contribution < -0.4 is 10.1 Å². The Morgan fingerprint density at radius 1 is 1.13 bits per heavy atom. The maximum Gasteiger partial charge on any atom is 0.335 e. The molecule has 3 rings (SSSR count). The summed E-state index contributed by atoms with van der Waals surface area (Å²) in [5.74, 6) is -0.715. The van der Waals surface area contributed by atoms with Crippen molar-refractivity contribution in [3.05, 3.63) is 59.9 Å². The number of benzene rings is 2. The summed E-state index contributed by atoms with van der Waals surface area (Å²) in [6.45, 7) is 0. The number of hydrogen-bond acceptors (Lipinski definition) is 4. The molecule has 0 aliphatic heterocycles. The number of anilines is 1. The molecular weight excluding hydrogens is 298 g/mol. The summed E-state index contributed by atoms with van der Waals surface area (Å²) in [6.07, 6.45) is 0. The number of amides is 1. The smallest absolute Gasteiger partial charge is 0.335 e. The average molecular weight is 311 g/mol. The number of carbonyl (C=O) groups excluding carboxylic acids is 1. The van der Waals surface area contributed by atoms with E-state index in [1.54, 1.807) is 43.5 Å². The second-order valence-corrected chi connectivity index (χ2v) is 4.85. The Bertz CT molecular complexity index is 897. The lowest BCUT2D eigenvalue weighted by molar-refractivity contribution is 0.0696. The molecule has 0 spiro atoms. The van der Waals surface area contributed by atoms with Gasteiger partial charge in [0, 0.05) is 11.1 Å². The van der Waals surface area contributed by atoms with E-state index in [9.17, 15) is 9.59 Å². The highest BCUT2D eigenvalue weighted by Crippen LogP contribution is 2.24. The van der Waals surface area contributed by atoms with E-state index in [4.69, 9.17) is 14.3 Å². The number of nitrogens with one attached hydrogen (secondary N) is 1. The van der Waals surface area contributed by atoms with E-state index >= 15 is 0 Å². The van der Waals surface area contributed by atoms with E-state index < -0.39 is 11.9 Å².